The lowest BCUT2D eigenvalue weighted by atomic mass is 9.94. The van der Waals surface area contributed by atoms with Crippen LogP contribution < -0.4 is 11.1 Å². The average molecular weight is 296 g/mol. The Hall–Kier alpha value is -2.12. The third-order valence-electron chi connectivity index (χ3n) is 3.05. The van der Waals surface area contributed by atoms with E-state index in [1.165, 1.54) is 6.92 Å². The average Bonchev–Trinajstić information content (AvgIpc) is 2.45. The summed E-state index contributed by atoms with van der Waals surface area (Å²) in [5.74, 6) is -1.30. The normalized spacial score (nSPS) is 14.8. The second-order valence-corrected chi connectivity index (χ2v) is 4.88. The van der Waals surface area contributed by atoms with Crippen LogP contribution in [-0.4, -0.2) is 40.5 Å². The number of nitrogens with one attached hydrogen (secondary N) is 1. The molecule has 0 spiro atoms. The van der Waals surface area contributed by atoms with Gasteiger partial charge in [0.2, 0.25) is 0 Å². The van der Waals surface area contributed by atoms with Gasteiger partial charge in [-0.2, -0.15) is 0 Å². The van der Waals surface area contributed by atoms with Gasteiger partial charge >= 0.3 is 12.1 Å². The van der Waals surface area contributed by atoms with Gasteiger partial charge in [-0.3, -0.25) is 4.79 Å². The van der Waals surface area contributed by atoms with Crippen LogP contribution in [0.2, 0.25) is 0 Å². The van der Waals surface area contributed by atoms with Crippen molar-refractivity contribution < 1.29 is 24.5 Å². The van der Waals surface area contributed by atoms with Crippen LogP contribution in [0.3, 0.4) is 0 Å². The molecule has 7 heteroatoms. The molecule has 0 saturated carbocycles. The highest BCUT2D eigenvalue weighted by molar-refractivity contribution is 5.78. The highest BCUT2D eigenvalue weighted by Crippen LogP contribution is 2.09. The molecule has 0 heterocycles. The van der Waals surface area contributed by atoms with Crippen molar-refractivity contribution in [1.29, 1.82) is 0 Å². The molecule has 116 valence electrons. The molecule has 0 saturated heterocycles. The van der Waals surface area contributed by atoms with E-state index in [9.17, 15) is 14.7 Å². The standard InChI is InChI=1S/C14H20N2O5/c1-14(15,12(18)19)11(17)7-8-16-13(20)21-9-10-5-3-2-4-6-10/h2-6,11,17H,7-9,15H2,1H3,(H,16,20)(H,18,19). The fourth-order valence-electron chi connectivity index (χ4n) is 1.53. The lowest BCUT2D eigenvalue weighted by Crippen LogP contribution is -2.55. The number of aliphatic hydroxyl groups excluding tert-OH is 1. The van der Waals surface area contributed by atoms with Crippen molar-refractivity contribution >= 4 is 12.1 Å². The highest BCUT2D eigenvalue weighted by Gasteiger charge is 2.36. The van der Waals surface area contributed by atoms with E-state index in [1.807, 2.05) is 30.3 Å². The molecule has 21 heavy (non-hydrogen) atoms. The Morgan fingerprint density at radius 2 is 2.00 bits per heavy atom. The van der Waals surface area contributed by atoms with Crippen molar-refractivity contribution in [2.24, 2.45) is 5.73 Å². The maximum absolute atomic E-state index is 11.4. The number of aliphatic hydroxyl groups is 1. The van der Waals surface area contributed by atoms with Gasteiger partial charge in [-0.05, 0) is 18.9 Å². The van der Waals surface area contributed by atoms with Crippen LogP contribution in [0.1, 0.15) is 18.9 Å². The molecule has 2 unspecified atom stereocenters. The molecule has 0 aromatic heterocycles. The maximum atomic E-state index is 11.4. The van der Waals surface area contributed by atoms with Gasteiger partial charge in [0.25, 0.3) is 0 Å². The molecule has 2 atom stereocenters. The van der Waals surface area contributed by atoms with E-state index in [1.54, 1.807) is 0 Å². The molecule has 1 rings (SSSR count). The molecule has 0 fully saturated rings. The third-order valence-corrected chi connectivity index (χ3v) is 3.05. The Morgan fingerprint density at radius 3 is 2.57 bits per heavy atom. The molecular weight excluding hydrogens is 276 g/mol. The van der Waals surface area contributed by atoms with Crippen LogP contribution in [0.5, 0.6) is 0 Å². The van der Waals surface area contributed by atoms with E-state index < -0.39 is 23.7 Å². The second kappa shape index (κ2) is 7.61. The number of aliphatic carboxylic acids is 1. The first kappa shape index (κ1) is 16.9. The number of ether oxygens (including phenoxy) is 1. The predicted molar refractivity (Wildman–Crippen MR) is 75.5 cm³/mol. The minimum absolute atomic E-state index is 0.0136. The fourth-order valence-corrected chi connectivity index (χ4v) is 1.53. The van der Waals surface area contributed by atoms with Gasteiger partial charge in [0.15, 0.2) is 0 Å². The summed E-state index contributed by atoms with van der Waals surface area (Å²) in [6.07, 6.45) is -1.90. The van der Waals surface area contributed by atoms with Crippen LogP contribution in [0, 0.1) is 0 Å². The molecule has 0 bridgehead atoms. The van der Waals surface area contributed by atoms with Gasteiger partial charge in [0.05, 0.1) is 6.10 Å². The maximum Gasteiger partial charge on any atom is 0.407 e. The Morgan fingerprint density at radius 1 is 1.38 bits per heavy atom. The van der Waals surface area contributed by atoms with Gasteiger partial charge in [0, 0.05) is 6.54 Å². The number of nitrogens with two attached hydrogens (primary N) is 1. The molecule has 0 aliphatic rings. The Balaban J connectivity index is 2.26. The summed E-state index contributed by atoms with van der Waals surface area (Å²) in [5, 5.41) is 20.9. The molecule has 0 aliphatic carbocycles. The lowest BCUT2D eigenvalue weighted by Gasteiger charge is -2.25. The number of carbonyl (C=O) groups is 2. The lowest BCUT2D eigenvalue weighted by molar-refractivity contribution is -0.147. The van der Waals surface area contributed by atoms with Gasteiger partial charge in [0.1, 0.15) is 12.1 Å². The largest absolute Gasteiger partial charge is 0.480 e. The van der Waals surface area contributed by atoms with E-state index in [-0.39, 0.29) is 19.6 Å². The van der Waals surface area contributed by atoms with E-state index >= 15 is 0 Å². The third kappa shape index (κ3) is 5.41. The number of hydrogen-bond donors (Lipinski definition) is 4. The number of amides is 1. The minimum atomic E-state index is -1.75. The highest BCUT2D eigenvalue weighted by atomic mass is 16.5. The van der Waals surface area contributed by atoms with Crippen LogP contribution in [0.25, 0.3) is 0 Å². The molecule has 5 N–H and O–H groups in total. The van der Waals surface area contributed by atoms with Gasteiger partial charge in [-0.1, -0.05) is 30.3 Å². The first-order chi connectivity index (χ1) is 9.84. The van der Waals surface area contributed by atoms with E-state index in [0.717, 1.165) is 5.56 Å². The van der Waals surface area contributed by atoms with Crippen LogP contribution in [-0.2, 0) is 16.1 Å². The zero-order valence-electron chi connectivity index (χ0n) is 11.8. The van der Waals surface area contributed by atoms with Crippen molar-refractivity contribution in [2.75, 3.05) is 6.54 Å². The van der Waals surface area contributed by atoms with Crippen molar-refractivity contribution in [3.05, 3.63) is 35.9 Å². The van der Waals surface area contributed by atoms with Crippen molar-refractivity contribution in [1.82, 2.24) is 5.32 Å². The summed E-state index contributed by atoms with van der Waals surface area (Å²) in [4.78, 5) is 22.2. The Bertz CT molecular complexity index is 476. The zero-order chi connectivity index (χ0) is 15.9. The number of rotatable bonds is 7. The molecular formula is C14H20N2O5. The number of carboxylic acid groups (broad SMARTS) is 1. The molecule has 7 nitrogen and oxygen atoms in total. The number of hydrogen-bond acceptors (Lipinski definition) is 5. The minimum Gasteiger partial charge on any atom is -0.480 e. The van der Waals surface area contributed by atoms with Gasteiger partial charge < -0.3 is 26.0 Å². The molecule has 0 aliphatic heterocycles. The summed E-state index contributed by atoms with van der Waals surface area (Å²) >= 11 is 0. The summed E-state index contributed by atoms with van der Waals surface area (Å²) in [6.45, 7) is 1.42. The quantitative estimate of drug-likeness (QED) is 0.580. The molecule has 0 radical (unpaired) electrons. The zero-order valence-corrected chi connectivity index (χ0v) is 11.8. The first-order valence-electron chi connectivity index (χ1n) is 6.49. The summed E-state index contributed by atoms with van der Waals surface area (Å²) in [6, 6.07) is 9.17. The monoisotopic (exact) mass is 296 g/mol. The van der Waals surface area contributed by atoms with Gasteiger partial charge in [-0.15, -0.1) is 0 Å². The molecule has 1 amide bonds. The smallest absolute Gasteiger partial charge is 0.407 e. The summed E-state index contributed by atoms with van der Waals surface area (Å²) in [5.41, 5.74) is 4.56. The Labute approximate surface area is 122 Å². The topological polar surface area (TPSA) is 122 Å². The van der Waals surface area contributed by atoms with Gasteiger partial charge in [-0.25, -0.2) is 4.79 Å². The van der Waals surface area contributed by atoms with Crippen LogP contribution >= 0.6 is 0 Å². The molecule has 1 aromatic rings. The molecule has 1 aromatic carbocycles. The van der Waals surface area contributed by atoms with Crippen LogP contribution in [0.4, 0.5) is 4.79 Å². The fraction of sp³-hybridized carbons (Fsp3) is 0.429. The van der Waals surface area contributed by atoms with Crippen molar-refractivity contribution in [3.8, 4) is 0 Å². The van der Waals surface area contributed by atoms with E-state index in [4.69, 9.17) is 15.6 Å². The van der Waals surface area contributed by atoms with Crippen LogP contribution in [0.15, 0.2) is 30.3 Å². The van der Waals surface area contributed by atoms with E-state index in [2.05, 4.69) is 5.32 Å². The van der Waals surface area contributed by atoms with Crippen molar-refractivity contribution in [3.63, 3.8) is 0 Å². The second-order valence-electron chi connectivity index (χ2n) is 4.88. The summed E-state index contributed by atoms with van der Waals surface area (Å²) < 4.78 is 4.96. The number of alkyl carbamates (subject to hydrolysis) is 1. The Kier molecular flexibility index (Phi) is 6.13. The number of benzene rings is 1. The van der Waals surface area contributed by atoms with E-state index in [0.29, 0.717) is 0 Å². The number of carboxylic acids is 1. The number of carbonyl (C=O) groups excluding carboxylic acids is 1. The van der Waals surface area contributed by atoms with Crippen molar-refractivity contribution in [2.45, 2.75) is 31.6 Å². The first-order valence-corrected chi connectivity index (χ1v) is 6.49. The SMILES string of the molecule is CC(N)(C(=O)O)C(O)CCNC(=O)OCc1ccccc1. The summed E-state index contributed by atoms with van der Waals surface area (Å²) in [7, 11) is 0. The predicted octanol–water partition coefficient (Wildman–Crippen LogP) is 0.466.